The standard InChI is InChI=1S/C14H22N2O4S/c1-2-16(12-6-9-21(18,19)11-12)14(17)5-7-15-10-13-4-3-8-20-13/h3-4,8,12,15H,2,5-7,9-11H2,1H3. The van der Waals surface area contributed by atoms with Gasteiger partial charge in [0.15, 0.2) is 9.84 Å². The number of amides is 1. The van der Waals surface area contributed by atoms with Crippen LogP contribution in [0.15, 0.2) is 22.8 Å². The highest BCUT2D eigenvalue weighted by Crippen LogP contribution is 2.18. The molecule has 0 bridgehead atoms. The first kappa shape index (κ1) is 16.0. The molecule has 1 aromatic heterocycles. The number of nitrogens with zero attached hydrogens (tertiary/aromatic N) is 1. The van der Waals surface area contributed by atoms with Gasteiger partial charge in [0.05, 0.1) is 24.3 Å². The lowest BCUT2D eigenvalue weighted by Gasteiger charge is -2.27. The third-order valence-corrected chi connectivity index (χ3v) is 5.46. The average Bonchev–Trinajstić information content (AvgIpc) is 3.05. The first-order valence-corrected chi connectivity index (χ1v) is 9.07. The zero-order chi connectivity index (χ0) is 15.3. The monoisotopic (exact) mass is 314 g/mol. The molecule has 1 fully saturated rings. The van der Waals surface area contributed by atoms with Crippen LogP contribution in [0.4, 0.5) is 0 Å². The van der Waals surface area contributed by atoms with Crippen molar-refractivity contribution >= 4 is 15.7 Å². The molecular weight excluding hydrogens is 292 g/mol. The van der Waals surface area contributed by atoms with Crippen molar-refractivity contribution in [1.82, 2.24) is 10.2 Å². The van der Waals surface area contributed by atoms with Crippen LogP contribution >= 0.6 is 0 Å². The van der Waals surface area contributed by atoms with Crippen LogP contribution < -0.4 is 5.32 Å². The number of rotatable bonds is 7. The van der Waals surface area contributed by atoms with E-state index in [0.29, 0.717) is 32.5 Å². The second-order valence-corrected chi connectivity index (χ2v) is 7.47. The van der Waals surface area contributed by atoms with Crippen LogP contribution in [-0.4, -0.2) is 49.9 Å². The summed E-state index contributed by atoms with van der Waals surface area (Å²) in [6.45, 7) is 3.58. The minimum atomic E-state index is -2.96. The first-order valence-electron chi connectivity index (χ1n) is 7.25. The Labute approximate surface area is 125 Å². The van der Waals surface area contributed by atoms with E-state index in [-0.39, 0.29) is 23.5 Å². The van der Waals surface area contributed by atoms with Crippen LogP contribution in [0.1, 0.15) is 25.5 Å². The summed E-state index contributed by atoms with van der Waals surface area (Å²) in [7, 11) is -2.96. The number of hydrogen-bond donors (Lipinski definition) is 1. The predicted molar refractivity (Wildman–Crippen MR) is 79.5 cm³/mol. The SMILES string of the molecule is CCN(C(=O)CCNCc1ccco1)C1CCS(=O)(=O)C1. The molecule has 0 spiro atoms. The summed E-state index contributed by atoms with van der Waals surface area (Å²) < 4.78 is 28.2. The molecule has 1 N–H and O–H groups in total. The second-order valence-electron chi connectivity index (χ2n) is 5.24. The van der Waals surface area contributed by atoms with E-state index in [1.54, 1.807) is 11.2 Å². The number of furan rings is 1. The molecule has 1 aliphatic rings. The van der Waals surface area contributed by atoms with Gasteiger partial charge in [-0.1, -0.05) is 0 Å². The molecule has 6 nitrogen and oxygen atoms in total. The number of carbonyl (C=O) groups excluding carboxylic acids is 1. The molecule has 2 rings (SSSR count). The van der Waals surface area contributed by atoms with Crippen LogP contribution in [-0.2, 0) is 21.2 Å². The quantitative estimate of drug-likeness (QED) is 0.753. The van der Waals surface area contributed by atoms with Crippen molar-refractivity contribution in [2.45, 2.75) is 32.4 Å². The molecule has 1 saturated heterocycles. The van der Waals surface area contributed by atoms with Crippen molar-refractivity contribution in [2.24, 2.45) is 0 Å². The second kappa shape index (κ2) is 7.09. The van der Waals surface area contributed by atoms with Gasteiger partial charge in [-0.3, -0.25) is 4.79 Å². The van der Waals surface area contributed by atoms with Crippen LogP contribution in [0.5, 0.6) is 0 Å². The summed E-state index contributed by atoms with van der Waals surface area (Å²) >= 11 is 0. The molecule has 1 aliphatic heterocycles. The Morgan fingerprint density at radius 3 is 2.90 bits per heavy atom. The molecule has 1 atom stereocenters. The Morgan fingerprint density at radius 2 is 2.33 bits per heavy atom. The maximum absolute atomic E-state index is 12.2. The zero-order valence-electron chi connectivity index (χ0n) is 12.2. The molecule has 118 valence electrons. The number of nitrogens with one attached hydrogen (secondary N) is 1. The first-order chi connectivity index (χ1) is 10.0. The van der Waals surface area contributed by atoms with E-state index in [1.807, 2.05) is 19.1 Å². The Bertz CT molecular complexity index is 554. The van der Waals surface area contributed by atoms with E-state index >= 15 is 0 Å². The Kier molecular flexibility index (Phi) is 5.41. The molecule has 0 aromatic carbocycles. The molecule has 21 heavy (non-hydrogen) atoms. The Hall–Kier alpha value is -1.34. The molecule has 2 heterocycles. The number of sulfone groups is 1. The summed E-state index contributed by atoms with van der Waals surface area (Å²) in [5.74, 6) is 1.13. The smallest absolute Gasteiger partial charge is 0.224 e. The van der Waals surface area contributed by atoms with Gasteiger partial charge in [0.25, 0.3) is 0 Å². The fraction of sp³-hybridized carbons (Fsp3) is 0.643. The molecule has 1 aromatic rings. The van der Waals surface area contributed by atoms with Crippen molar-refractivity contribution in [3.63, 3.8) is 0 Å². The van der Waals surface area contributed by atoms with Gasteiger partial charge < -0.3 is 14.6 Å². The van der Waals surface area contributed by atoms with Gasteiger partial charge in [-0.15, -0.1) is 0 Å². The van der Waals surface area contributed by atoms with Gasteiger partial charge in [-0.05, 0) is 25.5 Å². The number of hydrogen-bond acceptors (Lipinski definition) is 5. The average molecular weight is 314 g/mol. The summed E-state index contributed by atoms with van der Waals surface area (Å²) in [5, 5.41) is 3.14. The van der Waals surface area contributed by atoms with Crippen molar-refractivity contribution in [3.05, 3.63) is 24.2 Å². The summed E-state index contributed by atoms with van der Waals surface area (Å²) in [6.07, 6.45) is 2.54. The van der Waals surface area contributed by atoms with Crippen LogP contribution in [0, 0.1) is 0 Å². The minimum Gasteiger partial charge on any atom is -0.468 e. The zero-order valence-corrected chi connectivity index (χ0v) is 13.1. The highest BCUT2D eigenvalue weighted by Gasteiger charge is 2.33. The van der Waals surface area contributed by atoms with E-state index in [0.717, 1.165) is 5.76 Å². The van der Waals surface area contributed by atoms with Crippen molar-refractivity contribution in [3.8, 4) is 0 Å². The lowest BCUT2D eigenvalue weighted by atomic mass is 10.2. The maximum Gasteiger partial charge on any atom is 0.224 e. The van der Waals surface area contributed by atoms with E-state index in [2.05, 4.69) is 5.32 Å². The molecular formula is C14H22N2O4S. The third kappa shape index (κ3) is 4.57. The molecule has 1 amide bonds. The predicted octanol–water partition coefficient (Wildman–Crippen LogP) is 0.795. The van der Waals surface area contributed by atoms with Gasteiger partial charge in [-0.25, -0.2) is 8.42 Å². The van der Waals surface area contributed by atoms with Gasteiger partial charge in [0, 0.05) is 25.6 Å². The van der Waals surface area contributed by atoms with Crippen LogP contribution in [0.2, 0.25) is 0 Å². The lowest BCUT2D eigenvalue weighted by molar-refractivity contribution is -0.132. The van der Waals surface area contributed by atoms with E-state index in [4.69, 9.17) is 4.42 Å². The van der Waals surface area contributed by atoms with E-state index in [1.165, 1.54) is 0 Å². The Morgan fingerprint density at radius 1 is 1.52 bits per heavy atom. The van der Waals surface area contributed by atoms with Crippen LogP contribution in [0.3, 0.4) is 0 Å². The largest absolute Gasteiger partial charge is 0.468 e. The molecule has 1 unspecified atom stereocenters. The molecule has 0 saturated carbocycles. The highest BCUT2D eigenvalue weighted by atomic mass is 32.2. The minimum absolute atomic E-state index is 0.00606. The van der Waals surface area contributed by atoms with Gasteiger partial charge in [-0.2, -0.15) is 0 Å². The summed E-state index contributed by atoms with van der Waals surface area (Å²) in [4.78, 5) is 13.9. The molecule has 0 aliphatic carbocycles. The van der Waals surface area contributed by atoms with Gasteiger partial charge in [0.2, 0.25) is 5.91 Å². The van der Waals surface area contributed by atoms with Crippen molar-refractivity contribution in [1.29, 1.82) is 0 Å². The number of carbonyl (C=O) groups is 1. The Balaban J connectivity index is 1.75. The lowest BCUT2D eigenvalue weighted by Crippen LogP contribution is -2.41. The normalized spacial score (nSPS) is 20.5. The maximum atomic E-state index is 12.2. The molecule has 0 radical (unpaired) electrons. The fourth-order valence-electron chi connectivity index (χ4n) is 2.62. The van der Waals surface area contributed by atoms with Crippen molar-refractivity contribution < 1.29 is 17.6 Å². The van der Waals surface area contributed by atoms with Gasteiger partial charge >= 0.3 is 0 Å². The fourth-order valence-corrected chi connectivity index (χ4v) is 4.35. The van der Waals surface area contributed by atoms with E-state index < -0.39 is 9.84 Å². The highest BCUT2D eigenvalue weighted by molar-refractivity contribution is 7.91. The summed E-state index contributed by atoms with van der Waals surface area (Å²) in [6, 6.07) is 3.54. The topological polar surface area (TPSA) is 79.6 Å². The van der Waals surface area contributed by atoms with Crippen molar-refractivity contribution in [2.75, 3.05) is 24.6 Å². The third-order valence-electron chi connectivity index (χ3n) is 3.71. The van der Waals surface area contributed by atoms with Crippen LogP contribution in [0.25, 0.3) is 0 Å². The molecule has 7 heteroatoms. The van der Waals surface area contributed by atoms with Gasteiger partial charge in [0.1, 0.15) is 5.76 Å². The van der Waals surface area contributed by atoms with E-state index in [9.17, 15) is 13.2 Å². The summed E-state index contributed by atoms with van der Waals surface area (Å²) in [5.41, 5.74) is 0.